The largest absolute Gasteiger partial charge is 0.481 e. The molecule has 1 saturated heterocycles. The average Bonchev–Trinajstić information content (AvgIpc) is 2.50. The molecule has 1 aromatic carbocycles. The van der Waals surface area contributed by atoms with Crippen LogP contribution in [0.15, 0.2) is 18.2 Å². The van der Waals surface area contributed by atoms with E-state index in [0.29, 0.717) is 31.0 Å². The van der Waals surface area contributed by atoms with Crippen molar-refractivity contribution in [3.8, 4) is 0 Å². The molecule has 1 aliphatic heterocycles. The molecule has 5 nitrogen and oxygen atoms in total. The summed E-state index contributed by atoms with van der Waals surface area (Å²) in [4.78, 5) is 25.0. The number of benzene rings is 1. The number of hydrogen-bond acceptors (Lipinski definition) is 3. The second-order valence-corrected chi connectivity index (χ2v) is 5.87. The number of anilines is 1. The highest BCUT2D eigenvalue weighted by Gasteiger charge is 2.29. The van der Waals surface area contributed by atoms with Gasteiger partial charge in [-0.3, -0.25) is 14.5 Å². The van der Waals surface area contributed by atoms with Crippen molar-refractivity contribution in [2.24, 2.45) is 5.92 Å². The second-order valence-electron chi connectivity index (χ2n) is 5.44. The summed E-state index contributed by atoms with van der Waals surface area (Å²) < 4.78 is 13.6. The van der Waals surface area contributed by atoms with E-state index < -0.39 is 17.8 Å². The number of carboxylic acid groups (broad SMARTS) is 1. The summed E-state index contributed by atoms with van der Waals surface area (Å²) in [5.41, 5.74) is 0.0461. The van der Waals surface area contributed by atoms with E-state index in [2.05, 4.69) is 5.32 Å². The van der Waals surface area contributed by atoms with Crippen LogP contribution in [0, 0.1) is 11.7 Å². The predicted molar refractivity (Wildman–Crippen MR) is 88.7 cm³/mol. The molecule has 8 heteroatoms. The summed E-state index contributed by atoms with van der Waals surface area (Å²) in [6.45, 7) is 2.78. The van der Waals surface area contributed by atoms with Crippen LogP contribution in [0.25, 0.3) is 0 Å². The summed E-state index contributed by atoms with van der Waals surface area (Å²) in [6, 6.07) is 3.50. The lowest BCUT2D eigenvalue weighted by molar-refractivity contribution is -0.143. The highest BCUT2D eigenvalue weighted by atomic mass is 35.5. The maximum atomic E-state index is 13.6. The lowest BCUT2D eigenvalue weighted by atomic mass is 9.96. The molecule has 2 N–H and O–H groups in total. The predicted octanol–water partition coefficient (Wildman–Crippen LogP) is 3.02. The van der Waals surface area contributed by atoms with Gasteiger partial charge < -0.3 is 10.4 Å². The van der Waals surface area contributed by atoms with Crippen LogP contribution in [0.2, 0.25) is 5.02 Å². The molecular formula is C15H19Cl2FN2O3. The van der Waals surface area contributed by atoms with Crippen molar-refractivity contribution < 1.29 is 19.1 Å². The average molecular weight is 365 g/mol. The van der Waals surface area contributed by atoms with Crippen LogP contribution in [-0.4, -0.2) is 41.0 Å². The standard InChI is InChI=1S/C15H18ClFN2O3.ClH/c1-9(19-6-4-10(5-7-19)15(21)22)14(20)18-13-8-11(16)2-3-12(13)17;/h2-3,8-10H,4-7H2,1H3,(H,18,20)(H,21,22);1H. The molecule has 128 valence electrons. The van der Waals surface area contributed by atoms with Crippen molar-refractivity contribution in [2.75, 3.05) is 18.4 Å². The van der Waals surface area contributed by atoms with Crippen molar-refractivity contribution in [3.05, 3.63) is 29.0 Å². The minimum atomic E-state index is -0.794. The Hall–Kier alpha value is -1.37. The van der Waals surface area contributed by atoms with Gasteiger partial charge in [-0.05, 0) is 51.1 Å². The molecule has 0 radical (unpaired) electrons. The van der Waals surface area contributed by atoms with E-state index >= 15 is 0 Å². The van der Waals surface area contributed by atoms with Gasteiger partial charge in [-0.25, -0.2) is 4.39 Å². The maximum Gasteiger partial charge on any atom is 0.306 e. The Bertz CT molecular complexity index is 578. The number of halogens is 3. The molecule has 23 heavy (non-hydrogen) atoms. The minimum absolute atomic E-state index is 0. The third kappa shape index (κ3) is 5.06. The van der Waals surface area contributed by atoms with Crippen molar-refractivity contribution in [1.29, 1.82) is 0 Å². The summed E-state index contributed by atoms with van der Waals surface area (Å²) in [7, 11) is 0. The summed E-state index contributed by atoms with van der Waals surface area (Å²) >= 11 is 5.79. The third-order valence-electron chi connectivity index (χ3n) is 3.99. The number of likely N-dealkylation sites (tertiary alicyclic amines) is 1. The number of rotatable bonds is 4. The number of amides is 1. The number of nitrogens with zero attached hydrogens (tertiary/aromatic N) is 1. The highest BCUT2D eigenvalue weighted by Crippen LogP contribution is 2.22. The number of aliphatic carboxylic acids is 1. The van der Waals surface area contributed by atoms with E-state index in [4.69, 9.17) is 16.7 Å². The van der Waals surface area contributed by atoms with Gasteiger partial charge in [-0.15, -0.1) is 12.4 Å². The van der Waals surface area contributed by atoms with E-state index in [1.54, 1.807) is 6.92 Å². The molecule has 1 unspecified atom stereocenters. The van der Waals surface area contributed by atoms with Gasteiger partial charge in [-0.2, -0.15) is 0 Å². The second kappa shape index (κ2) is 8.47. The highest BCUT2D eigenvalue weighted by molar-refractivity contribution is 6.30. The lowest BCUT2D eigenvalue weighted by Crippen LogP contribution is -2.47. The number of hydrogen-bond donors (Lipinski definition) is 2. The summed E-state index contributed by atoms with van der Waals surface area (Å²) in [6.07, 6.45) is 1.02. The number of carboxylic acids is 1. The molecule has 1 aromatic rings. The van der Waals surface area contributed by atoms with Crippen molar-refractivity contribution in [1.82, 2.24) is 4.90 Å². The number of nitrogens with one attached hydrogen (secondary N) is 1. The van der Waals surface area contributed by atoms with Gasteiger partial charge in [0, 0.05) is 5.02 Å². The van der Waals surface area contributed by atoms with Crippen LogP contribution in [0.4, 0.5) is 10.1 Å². The fourth-order valence-corrected chi connectivity index (χ4v) is 2.70. The molecule has 0 spiro atoms. The van der Waals surface area contributed by atoms with E-state index in [9.17, 15) is 14.0 Å². The Kier molecular flexibility index (Phi) is 7.25. The normalized spacial score (nSPS) is 17.2. The van der Waals surface area contributed by atoms with Crippen LogP contribution >= 0.6 is 24.0 Å². The van der Waals surface area contributed by atoms with Gasteiger partial charge in [-0.1, -0.05) is 11.6 Å². The van der Waals surface area contributed by atoms with Gasteiger partial charge in [0.2, 0.25) is 5.91 Å². The van der Waals surface area contributed by atoms with Crippen molar-refractivity contribution >= 4 is 41.6 Å². The fourth-order valence-electron chi connectivity index (χ4n) is 2.53. The molecule has 1 aliphatic rings. The van der Waals surface area contributed by atoms with Gasteiger partial charge >= 0.3 is 5.97 Å². The molecule has 1 fully saturated rings. The Balaban J connectivity index is 0.00000264. The lowest BCUT2D eigenvalue weighted by Gasteiger charge is -2.33. The first-order valence-corrected chi connectivity index (χ1v) is 7.49. The zero-order valence-electron chi connectivity index (χ0n) is 12.6. The Morgan fingerprint density at radius 2 is 2.00 bits per heavy atom. The van der Waals surface area contributed by atoms with E-state index in [0.717, 1.165) is 0 Å². The van der Waals surface area contributed by atoms with Gasteiger partial charge in [0.25, 0.3) is 0 Å². The Labute approximate surface area is 145 Å². The molecular weight excluding hydrogens is 346 g/mol. The van der Waals surface area contributed by atoms with Crippen molar-refractivity contribution in [2.45, 2.75) is 25.8 Å². The van der Waals surface area contributed by atoms with Crippen LogP contribution in [0.5, 0.6) is 0 Å². The molecule has 0 aliphatic carbocycles. The molecule has 0 bridgehead atoms. The molecule has 0 saturated carbocycles. The zero-order valence-corrected chi connectivity index (χ0v) is 14.2. The molecule has 1 amide bonds. The zero-order chi connectivity index (χ0) is 16.3. The topological polar surface area (TPSA) is 69.6 Å². The monoisotopic (exact) mass is 364 g/mol. The quantitative estimate of drug-likeness (QED) is 0.861. The number of piperidine rings is 1. The first kappa shape index (κ1) is 19.7. The third-order valence-corrected chi connectivity index (χ3v) is 4.23. The van der Waals surface area contributed by atoms with Crippen LogP contribution in [0.3, 0.4) is 0 Å². The van der Waals surface area contributed by atoms with Gasteiger partial charge in [0.15, 0.2) is 0 Å². The SMILES string of the molecule is CC(C(=O)Nc1cc(Cl)ccc1F)N1CCC(C(=O)O)CC1.Cl. The molecule has 0 aromatic heterocycles. The first-order chi connectivity index (χ1) is 10.4. The fraction of sp³-hybridized carbons (Fsp3) is 0.467. The Morgan fingerprint density at radius 1 is 1.39 bits per heavy atom. The van der Waals surface area contributed by atoms with Gasteiger partial charge in [0.05, 0.1) is 17.6 Å². The first-order valence-electron chi connectivity index (χ1n) is 7.11. The van der Waals surface area contributed by atoms with Crippen LogP contribution in [-0.2, 0) is 9.59 Å². The van der Waals surface area contributed by atoms with Crippen LogP contribution < -0.4 is 5.32 Å². The summed E-state index contributed by atoms with van der Waals surface area (Å²) in [5, 5.41) is 11.8. The molecule has 1 heterocycles. The van der Waals surface area contributed by atoms with Crippen molar-refractivity contribution in [3.63, 3.8) is 0 Å². The Morgan fingerprint density at radius 3 is 2.57 bits per heavy atom. The number of carbonyl (C=O) groups is 2. The summed E-state index contributed by atoms with van der Waals surface area (Å²) in [5.74, 6) is -2.03. The van der Waals surface area contributed by atoms with Crippen LogP contribution in [0.1, 0.15) is 19.8 Å². The van der Waals surface area contributed by atoms with E-state index in [1.807, 2.05) is 4.90 Å². The van der Waals surface area contributed by atoms with E-state index in [-0.39, 0.29) is 29.9 Å². The minimum Gasteiger partial charge on any atom is -0.481 e. The van der Waals surface area contributed by atoms with E-state index in [1.165, 1.54) is 18.2 Å². The molecule has 2 rings (SSSR count). The molecule has 1 atom stereocenters. The van der Waals surface area contributed by atoms with Gasteiger partial charge in [0.1, 0.15) is 5.82 Å². The smallest absolute Gasteiger partial charge is 0.306 e. The number of carbonyl (C=O) groups excluding carboxylic acids is 1. The maximum absolute atomic E-state index is 13.6.